The van der Waals surface area contributed by atoms with Crippen LogP contribution in [0.15, 0.2) is 115 Å². The van der Waals surface area contributed by atoms with Crippen molar-refractivity contribution in [2.45, 2.75) is 70.6 Å². The molecule has 5 rings (SSSR count). The van der Waals surface area contributed by atoms with E-state index in [9.17, 15) is 0 Å². The van der Waals surface area contributed by atoms with Crippen molar-refractivity contribution in [1.29, 1.82) is 0 Å². The highest BCUT2D eigenvalue weighted by Gasteiger charge is 2.20. The normalized spacial score (nSPS) is 13.8. The molecule has 0 amide bonds. The largest absolute Gasteiger partial charge is 0.371 e. The Morgan fingerprint density at radius 1 is 0.800 bits per heavy atom. The highest BCUT2D eigenvalue weighted by atomic mass is 15.1. The molecule has 0 saturated heterocycles. The monoisotopic (exact) mass is 527 g/mol. The third kappa shape index (κ3) is 7.33. The van der Waals surface area contributed by atoms with E-state index in [0.29, 0.717) is 5.92 Å². The summed E-state index contributed by atoms with van der Waals surface area (Å²) in [5.74, 6) is 1.18. The summed E-state index contributed by atoms with van der Waals surface area (Å²) in [7, 11) is 0. The maximum Gasteiger partial charge on any atom is 0.0399 e. The number of hydrogen-bond donors (Lipinski definition) is 0. The van der Waals surface area contributed by atoms with E-state index in [4.69, 9.17) is 0 Å². The first-order valence-electron chi connectivity index (χ1n) is 15.4. The standard InChI is InChI=1S/C39H45N/c1-3-13-39(36-25-23-31(2)24-26-36)40(28-12-15-32-14-10-22-37(30-32)33-20-11-21-33)29-27-38(34-16-6-4-7-17-34)35-18-8-5-9-19-35/h4-10,13-14,16-19,22-26,30,33,38H,3,11-12,15,20-21,27-29H2,1-2H3/b39-13-. The lowest BCUT2D eigenvalue weighted by molar-refractivity contribution is 0.374. The van der Waals surface area contributed by atoms with E-state index in [1.165, 1.54) is 52.8 Å². The number of rotatable bonds is 13. The molecule has 0 unspecified atom stereocenters. The van der Waals surface area contributed by atoms with Crippen LogP contribution in [-0.2, 0) is 6.42 Å². The van der Waals surface area contributed by atoms with E-state index in [1.807, 2.05) is 0 Å². The highest BCUT2D eigenvalue weighted by molar-refractivity contribution is 5.64. The second-order valence-electron chi connectivity index (χ2n) is 11.5. The Labute approximate surface area is 242 Å². The lowest BCUT2D eigenvalue weighted by atomic mass is 9.79. The SMILES string of the molecule is CC/C=C(/c1ccc(C)cc1)N(CCCc1cccc(C2CCC2)c1)CCC(c1ccccc1)c1ccccc1. The van der Waals surface area contributed by atoms with Crippen LogP contribution in [0.1, 0.15) is 90.7 Å². The molecule has 1 aliphatic rings. The Balaban J connectivity index is 1.36. The van der Waals surface area contributed by atoms with Crippen molar-refractivity contribution >= 4 is 5.70 Å². The Morgan fingerprint density at radius 2 is 1.48 bits per heavy atom. The van der Waals surface area contributed by atoms with Crippen LogP contribution in [0.5, 0.6) is 0 Å². The predicted octanol–water partition coefficient (Wildman–Crippen LogP) is 10.2. The Hall–Kier alpha value is -3.58. The predicted molar refractivity (Wildman–Crippen MR) is 172 cm³/mol. The third-order valence-electron chi connectivity index (χ3n) is 8.60. The van der Waals surface area contributed by atoms with Crippen LogP contribution < -0.4 is 0 Å². The van der Waals surface area contributed by atoms with E-state index < -0.39 is 0 Å². The lowest BCUT2D eigenvalue weighted by Crippen LogP contribution is -2.26. The highest BCUT2D eigenvalue weighted by Crippen LogP contribution is 2.36. The van der Waals surface area contributed by atoms with Gasteiger partial charge in [-0.15, -0.1) is 0 Å². The summed E-state index contributed by atoms with van der Waals surface area (Å²) in [6, 6.07) is 40.7. The van der Waals surface area contributed by atoms with Crippen molar-refractivity contribution < 1.29 is 0 Å². The number of allylic oxidation sites excluding steroid dienone is 1. The van der Waals surface area contributed by atoms with Gasteiger partial charge in [0.05, 0.1) is 0 Å². The molecule has 1 nitrogen and oxygen atoms in total. The minimum absolute atomic E-state index is 0.380. The molecule has 1 aliphatic carbocycles. The Bertz CT molecular complexity index is 1290. The molecule has 0 heterocycles. The van der Waals surface area contributed by atoms with E-state index >= 15 is 0 Å². The zero-order valence-electron chi connectivity index (χ0n) is 24.4. The Kier molecular flexibility index (Phi) is 9.91. The molecule has 1 saturated carbocycles. The summed E-state index contributed by atoms with van der Waals surface area (Å²) in [6.45, 7) is 6.52. The van der Waals surface area contributed by atoms with Crippen molar-refractivity contribution in [2.24, 2.45) is 0 Å². The van der Waals surface area contributed by atoms with Gasteiger partial charge in [-0.25, -0.2) is 0 Å². The zero-order chi connectivity index (χ0) is 27.6. The topological polar surface area (TPSA) is 3.24 Å². The molecule has 0 bridgehead atoms. The van der Waals surface area contributed by atoms with Crippen molar-refractivity contribution in [3.05, 3.63) is 149 Å². The summed E-state index contributed by atoms with van der Waals surface area (Å²) in [5.41, 5.74) is 9.87. The first-order chi connectivity index (χ1) is 19.7. The maximum absolute atomic E-state index is 2.67. The molecule has 0 spiro atoms. The summed E-state index contributed by atoms with van der Waals surface area (Å²) >= 11 is 0. The molecule has 0 aromatic heterocycles. The fraction of sp³-hybridized carbons (Fsp3) is 0.333. The van der Waals surface area contributed by atoms with Gasteiger partial charge in [-0.2, -0.15) is 0 Å². The third-order valence-corrected chi connectivity index (χ3v) is 8.60. The van der Waals surface area contributed by atoms with Crippen LogP contribution in [0.4, 0.5) is 0 Å². The molecule has 0 radical (unpaired) electrons. The average molecular weight is 528 g/mol. The van der Waals surface area contributed by atoms with Crippen LogP contribution in [0.3, 0.4) is 0 Å². The fourth-order valence-electron chi connectivity index (χ4n) is 6.10. The molecule has 1 fully saturated rings. The molecule has 4 aromatic carbocycles. The Morgan fingerprint density at radius 3 is 2.08 bits per heavy atom. The first kappa shape index (κ1) is 28.0. The van der Waals surface area contributed by atoms with Crippen LogP contribution in [0, 0.1) is 6.92 Å². The number of hydrogen-bond acceptors (Lipinski definition) is 1. The van der Waals surface area contributed by atoms with E-state index in [0.717, 1.165) is 44.7 Å². The van der Waals surface area contributed by atoms with Crippen molar-refractivity contribution in [2.75, 3.05) is 13.1 Å². The summed E-state index contributed by atoms with van der Waals surface area (Å²) < 4.78 is 0. The van der Waals surface area contributed by atoms with Gasteiger partial charge in [0.25, 0.3) is 0 Å². The summed E-state index contributed by atoms with van der Waals surface area (Å²) in [5, 5.41) is 0. The molecule has 1 heteroatoms. The number of aryl methyl sites for hydroxylation is 2. The van der Waals surface area contributed by atoms with Gasteiger partial charge in [0.2, 0.25) is 0 Å². The van der Waals surface area contributed by atoms with E-state index in [2.05, 4.69) is 134 Å². The van der Waals surface area contributed by atoms with Gasteiger partial charge in [0.1, 0.15) is 0 Å². The van der Waals surface area contributed by atoms with Crippen LogP contribution in [-0.4, -0.2) is 18.0 Å². The van der Waals surface area contributed by atoms with Gasteiger partial charge in [-0.05, 0) is 79.2 Å². The van der Waals surface area contributed by atoms with E-state index in [1.54, 1.807) is 5.56 Å². The average Bonchev–Trinajstić information content (AvgIpc) is 2.96. The quantitative estimate of drug-likeness (QED) is 0.167. The van der Waals surface area contributed by atoms with Crippen LogP contribution >= 0.6 is 0 Å². The molecule has 40 heavy (non-hydrogen) atoms. The number of benzene rings is 4. The molecule has 4 aromatic rings. The smallest absolute Gasteiger partial charge is 0.0399 e. The van der Waals surface area contributed by atoms with Gasteiger partial charge >= 0.3 is 0 Å². The second-order valence-corrected chi connectivity index (χ2v) is 11.5. The molecular formula is C39H45N. The molecule has 0 atom stereocenters. The second kappa shape index (κ2) is 14.2. The fourth-order valence-corrected chi connectivity index (χ4v) is 6.10. The van der Waals surface area contributed by atoms with Gasteiger partial charge in [0.15, 0.2) is 0 Å². The van der Waals surface area contributed by atoms with Crippen LogP contribution in [0.2, 0.25) is 0 Å². The van der Waals surface area contributed by atoms with Gasteiger partial charge in [-0.3, -0.25) is 0 Å². The first-order valence-corrected chi connectivity index (χ1v) is 15.4. The van der Waals surface area contributed by atoms with Crippen LogP contribution in [0.25, 0.3) is 5.70 Å². The van der Waals surface area contributed by atoms with Gasteiger partial charge < -0.3 is 4.90 Å². The minimum Gasteiger partial charge on any atom is -0.371 e. The summed E-state index contributed by atoms with van der Waals surface area (Å²) in [4.78, 5) is 2.67. The van der Waals surface area contributed by atoms with Gasteiger partial charge in [0, 0.05) is 24.7 Å². The number of nitrogens with zero attached hydrogens (tertiary/aromatic N) is 1. The lowest BCUT2D eigenvalue weighted by Gasteiger charge is -2.31. The molecule has 0 N–H and O–H groups in total. The maximum atomic E-state index is 2.67. The summed E-state index contributed by atoms with van der Waals surface area (Å²) in [6.07, 6.45) is 11.0. The van der Waals surface area contributed by atoms with Crippen molar-refractivity contribution in [3.8, 4) is 0 Å². The van der Waals surface area contributed by atoms with Gasteiger partial charge in [-0.1, -0.05) is 134 Å². The van der Waals surface area contributed by atoms with E-state index in [-0.39, 0.29) is 0 Å². The molecule has 206 valence electrons. The van der Waals surface area contributed by atoms with Crippen molar-refractivity contribution in [1.82, 2.24) is 4.90 Å². The zero-order valence-corrected chi connectivity index (χ0v) is 24.4. The van der Waals surface area contributed by atoms with Crippen molar-refractivity contribution in [3.63, 3.8) is 0 Å². The molecule has 0 aliphatic heterocycles. The molecular weight excluding hydrogens is 482 g/mol. The minimum atomic E-state index is 0.380.